The van der Waals surface area contributed by atoms with Gasteiger partial charge in [-0.2, -0.15) is 0 Å². The highest BCUT2D eigenvalue weighted by Crippen LogP contribution is 2.26. The summed E-state index contributed by atoms with van der Waals surface area (Å²) < 4.78 is 36.2. The third-order valence-corrected chi connectivity index (χ3v) is 5.51. The lowest BCUT2D eigenvalue weighted by Gasteiger charge is -2.28. The average Bonchev–Trinajstić information content (AvgIpc) is 2.91. The van der Waals surface area contributed by atoms with Crippen molar-refractivity contribution in [2.45, 2.75) is 18.8 Å². The van der Waals surface area contributed by atoms with E-state index in [1.807, 2.05) is 0 Å². The van der Waals surface area contributed by atoms with Crippen LogP contribution in [0.3, 0.4) is 0 Å². The normalized spacial score (nSPS) is 17.3. The van der Waals surface area contributed by atoms with E-state index in [1.165, 1.54) is 13.2 Å². The Morgan fingerprint density at radius 1 is 1.22 bits per heavy atom. The van der Waals surface area contributed by atoms with Crippen LogP contribution in [0, 0.1) is 5.82 Å². The second kappa shape index (κ2) is 11.8. The van der Waals surface area contributed by atoms with E-state index >= 15 is 0 Å². The number of hydrogen-bond donors (Lipinski definition) is 4. The highest BCUT2D eigenvalue weighted by molar-refractivity contribution is 5.93. The largest absolute Gasteiger partial charge is 0.497 e. The molecule has 1 aliphatic rings. The fourth-order valence-electron chi connectivity index (χ4n) is 3.63. The Morgan fingerprint density at radius 3 is 2.78 bits per heavy atom. The Bertz CT molecular complexity index is 1340. The molecule has 2 unspecified atom stereocenters. The van der Waals surface area contributed by atoms with E-state index in [2.05, 4.69) is 20.6 Å². The first-order valence-electron chi connectivity index (χ1n) is 11.3. The van der Waals surface area contributed by atoms with Gasteiger partial charge in [0.15, 0.2) is 23.5 Å². The van der Waals surface area contributed by atoms with Crippen molar-refractivity contribution < 1.29 is 38.0 Å². The third kappa shape index (κ3) is 6.20. The average molecular weight is 516 g/mol. The Morgan fingerprint density at radius 2 is 2.05 bits per heavy atom. The number of nitrogens with zero attached hydrogens (tertiary/aromatic N) is 1. The monoisotopic (exact) mass is 516 g/mol. The first-order valence-corrected chi connectivity index (χ1v) is 11.3. The van der Waals surface area contributed by atoms with Crippen molar-refractivity contribution in [2.24, 2.45) is 0 Å². The van der Waals surface area contributed by atoms with Gasteiger partial charge in [0.2, 0.25) is 0 Å². The lowest BCUT2D eigenvalue weighted by molar-refractivity contribution is -0.165. The predicted molar refractivity (Wildman–Crippen MR) is 127 cm³/mol. The van der Waals surface area contributed by atoms with Crippen LogP contribution >= 0.6 is 0 Å². The van der Waals surface area contributed by atoms with Crippen LogP contribution in [-0.4, -0.2) is 72.8 Å². The molecule has 1 saturated heterocycles. The molecule has 4 N–H and O–H groups in total. The van der Waals surface area contributed by atoms with Crippen molar-refractivity contribution >= 4 is 22.7 Å². The van der Waals surface area contributed by atoms with Gasteiger partial charge in [0.25, 0.3) is 17.4 Å². The summed E-state index contributed by atoms with van der Waals surface area (Å²) in [6.07, 6.45) is -1.53. The summed E-state index contributed by atoms with van der Waals surface area (Å²) in [7, 11) is 1.54. The van der Waals surface area contributed by atoms with Crippen LogP contribution < -0.4 is 25.7 Å². The molecule has 3 aromatic rings. The van der Waals surface area contributed by atoms with E-state index in [0.717, 1.165) is 11.6 Å². The smallest absolute Gasteiger partial charge is 0.287 e. The molecule has 1 aromatic heterocycles. The van der Waals surface area contributed by atoms with Crippen LogP contribution in [0.2, 0.25) is 0 Å². The molecule has 2 heterocycles. The van der Waals surface area contributed by atoms with Crippen molar-refractivity contribution in [2.75, 3.05) is 33.7 Å². The van der Waals surface area contributed by atoms with Gasteiger partial charge in [0.1, 0.15) is 30.6 Å². The van der Waals surface area contributed by atoms with Crippen molar-refractivity contribution in [3.8, 4) is 11.5 Å². The zero-order valence-corrected chi connectivity index (χ0v) is 19.8. The number of aliphatic hydroxyl groups excluding tert-OH is 1. The number of methoxy groups -OCH3 is 1. The Hall–Kier alpha value is -4.07. The van der Waals surface area contributed by atoms with Crippen LogP contribution in [0.4, 0.5) is 4.39 Å². The number of aliphatic hydroxyl groups is 1. The summed E-state index contributed by atoms with van der Waals surface area (Å²) in [5.41, 5.74) is 0.0867. The molecule has 0 aliphatic carbocycles. The number of amides is 2. The standard InChI is InChI=1S/C24H25FN4O8/c1-34-14-4-2-3-13(7-14)8-26-24(33)21-28-17-6-5-16(25)20(19(17)23(32)29-21)37-10-15-9-36-18(11-35-15)22(31)27-12-30/h2-7,15,18,30H,8-12H2,1H3,(H,26,33)(H,27,31)(H,28,29,32). The van der Waals surface area contributed by atoms with Gasteiger partial charge in [-0.25, -0.2) is 9.37 Å². The van der Waals surface area contributed by atoms with Crippen LogP contribution in [0.5, 0.6) is 11.5 Å². The number of carbonyl (C=O) groups is 2. The molecule has 13 heteroatoms. The van der Waals surface area contributed by atoms with E-state index in [9.17, 15) is 18.8 Å². The van der Waals surface area contributed by atoms with Gasteiger partial charge in [-0.3, -0.25) is 14.4 Å². The maximum Gasteiger partial charge on any atom is 0.287 e. The minimum atomic E-state index is -0.891. The van der Waals surface area contributed by atoms with Gasteiger partial charge in [-0.05, 0) is 29.8 Å². The number of fused-ring (bicyclic) bond motifs is 1. The molecular formula is C24H25FN4O8. The summed E-state index contributed by atoms with van der Waals surface area (Å²) in [6, 6.07) is 9.47. The summed E-state index contributed by atoms with van der Waals surface area (Å²) in [6.45, 7) is -0.649. The number of carbonyl (C=O) groups excluding carboxylic acids is 2. The number of aromatic amines is 1. The highest BCUT2D eigenvalue weighted by Gasteiger charge is 2.28. The molecule has 12 nitrogen and oxygen atoms in total. The first kappa shape index (κ1) is 26.0. The van der Waals surface area contributed by atoms with Gasteiger partial charge in [-0.1, -0.05) is 12.1 Å². The van der Waals surface area contributed by atoms with E-state index in [0.29, 0.717) is 5.75 Å². The van der Waals surface area contributed by atoms with Crippen LogP contribution in [-0.2, 0) is 20.8 Å². The molecule has 2 aromatic carbocycles. The highest BCUT2D eigenvalue weighted by atomic mass is 19.1. The topological polar surface area (TPSA) is 161 Å². The van der Waals surface area contributed by atoms with E-state index < -0.39 is 42.1 Å². The Balaban J connectivity index is 1.44. The summed E-state index contributed by atoms with van der Waals surface area (Å²) in [4.78, 5) is 43.7. The van der Waals surface area contributed by atoms with E-state index in [4.69, 9.17) is 24.1 Å². The maximum atomic E-state index is 14.6. The van der Waals surface area contributed by atoms with Gasteiger partial charge in [0.05, 0.1) is 25.8 Å². The third-order valence-electron chi connectivity index (χ3n) is 5.51. The van der Waals surface area contributed by atoms with E-state index in [1.54, 1.807) is 24.3 Å². The number of hydrogen-bond acceptors (Lipinski definition) is 9. The molecule has 2 amide bonds. The van der Waals surface area contributed by atoms with Crippen molar-refractivity contribution in [1.29, 1.82) is 0 Å². The summed E-state index contributed by atoms with van der Waals surface area (Å²) in [5.74, 6) is -1.90. The number of ether oxygens (including phenoxy) is 4. The lowest BCUT2D eigenvalue weighted by atomic mass is 10.2. The fourth-order valence-corrected chi connectivity index (χ4v) is 3.63. The molecule has 37 heavy (non-hydrogen) atoms. The molecule has 0 bridgehead atoms. The van der Waals surface area contributed by atoms with Gasteiger partial charge >= 0.3 is 0 Å². The summed E-state index contributed by atoms with van der Waals surface area (Å²) >= 11 is 0. The maximum absolute atomic E-state index is 14.6. The van der Waals surface area contributed by atoms with Crippen LogP contribution in [0.25, 0.3) is 10.9 Å². The number of nitrogens with one attached hydrogen (secondary N) is 3. The number of H-pyrrole nitrogens is 1. The Labute approximate surface area is 209 Å². The number of aromatic nitrogens is 2. The quantitative estimate of drug-likeness (QED) is 0.292. The number of halogens is 1. The fraction of sp³-hybridized carbons (Fsp3) is 0.333. The summed E-state index contributed by atoms with van der Waals surface area (Å²) in [5, 5.41) is 13.5. The molecule has 4 rings (SSSR count). The predicted octanol–water partition coefficient (Wildman–Crippen LogP) is 0.230. The SMILES string of the molecule is COc1cccc(CNC(=O)c2nc3ccc(F)c(OCC4COC(C(=O)NCO)CO4)c3c(=O)[nH]2)c1. The van der Waals surface area contributed by atoms with Crippen LogP contribution in [0.15, 0.2) is 41.2 Å². The second-order valence-electron chi connectivity index (χ2n) is 8.01. The lowest BCUT2D eigenvalue weighted by Crippen LogP contribution is -2.47. The van der Waals surface area contributed by atoms with Gasteiger partial charge < -0.3 is 39.7 Å². The van der Waals surface area contributed by atoms with Crippen LogP contribution in [0.1, 0.15) is 16.2 Å². The zero-order chi connectivity index (χ0) is 26.4. The number of rotatable bonds is 9. The molecular weight excluding hydrogens is 491 g/mol. The zero-order valence-electron chi connectivity index (χ0n) is 19.8. The molecule has 1 fully saturated rings. The van der Waals surface area contributed by atoms with Gasteiger partial charge in [-0.15, -0.1) is 0 Å². The molecule has 196 valence electrons. The second-order valence-corrected chi connectivity index (χ2v) is 8.01. The number of benzene rings is 2. The molecule has 0 radical (unpaired) electrons. The van der Waals surface area contributed by atoms with Crippen molar-refractivity contribution in [3.05, 3.63) is 64.0 Å². The van der Waals surface area contributed by atoms with Crippen molar-refractivity contribution in [3.63, 3.8) is 0 Å². The minimum Gasteiger partial charge on any atom is -0.497 e. The molecule has 0 saturated carbocycles. The molecule has 1 aliphatic heterocycles. The molecule has 2 atom stereocenters. The first-order chi connectivity index (χ1) is 17.9. The molecule has 0 spiro atoms. The minimum absolute atomic E-state index is 0.0257. The van der Waals surface area contributed by atoms with Crippen molar-refractivity contribution in [1.82, 2.24) is 20.6 Å². The van der Waals surface area contributed by atoms with E-state index in [-0.39, 0.29) is 48.8 Å². The Kier molecular flexibility index (Phi) is 8.28. The van der Waals surface area contributed by atoms with Gasteiger partial charge in [0, 0.05) is 6.54 Å².